The molecule has 1 radical (unpaired) electrons. The Morgan fingerprint density at radius 3 is 1.09 bits per heavy atom. The van der Waals surface area contributed by atoms with Gasteiger partial charge in [0.15, 0.2) is 5.78 Å². The summed E-state index contributed by atoms with van der Waals surface area (Å²) in [5, 5.41) is 39.1. The van der Waals surface area contributed by atoms with Crippen molar-refractivity contribution in [3.63, 3.8) is 0 Å². The number of allylic oxidation sites excluding steroid dienone is 2. The van der Waals surface area contributed by atoms with Gasteiger partial charge in [0, 0.05) is 20.8 Å². The van der Waals surface area contributed by atoms with Crippen molar-refractivity contribution in [3.05, 3.63) is 33.9 Å². The van der Waals surface area contributed by atoms with Crippen LogP contribution < -0.4 is 47.7 Å². The van der Waals surface area contributed by atoms with E-state index in [1.54, 1.807) is 31.2 Å². The van der Waals surface area contributed by atoms with Gasteiger partial charge in [0.2, 0.25) is 0 Å². The minimum atomic E-state index is -3.67. The molecule has 1 atom stereocenters. The number of nitrogens with zero attached hydrogens (tertiary/aromatic N) is 3. The average molecular weight is 946 g/mol. The van der Waals surface area contributed by atoms with Crippen molar-refractivity contribution >= 4 is 19.8 Å². The number of hydrogen-bond donors (Lipinski definition) is 1. The van der Waals surface area contributed by atoms with Crippen LogP contribution in [0.3, 0.4) is 0 Å². The van der Waals surface area contributed by atoms with Gasteiger partial charge < -0.3 is 43.7 Å². The first-order chi connectivity index (χ1) is 21.0. The molecule has 319 valence electrons. The number of halogens is 4. The average Bonchev–Trinajstić information content (AvgIpc) is 3.64. The van der Waals surface area contributed by atoms with E-state index in [2.05, 4.69) is 32.6 Å². The molecule has 8 nitrogen and oxygen atoms in total. The Hall–Kier alpha value is -0.504. The minimum absolute atomic E-state index is 0. The molecule has 0 aromatic carbocycles. The van der Waals surface area contributed by atoms with E-state index in [-0.39, 0.29) is 131 Å². The third-order valence-corrected chi connectivity index (χ3v) is 5.45. The predicted octanol–water partition coefficient (Wildman–Crippen LogP) is 2.14. The Kier molecular flexibility index (Phi) is 192. The molecule has 0 aliphatic heterocycles. The van der Waals surface area contributed by atoms with Crippen LogP contribution >= 0.6 is 0 Å². The zero-order valence-corrected chi connectivity index (χ0v) is 39.4. The number of ketones is 1. The molecule has 2 rings (SSSR count). The van der Waals surface area contributed by atoms with Gasteiger partial charge >= 0.3 is 84.2 Å². The molecule has 0 bridgehead atoms. The van der Waals surface area contributed by atoms with Crippen molar-refractivity contribution in [2.75, 3.05) is 0 Å². The van der Waals surface area contributed by atoms with Crippen molar-refractivity contribution < 1.29 is 121 Å². The van der Waals surface area contributed by atoms with Crippen LogP contribution in [0.15, 0.2) is 11.6 Å². The molecule has 2 saturated carbocycles. The van der Waals surface area contributed by atoms with Gasteiger partial charge in [-0.1, -0.05) is 105 Å². The van der Waals surface area contributed by atoms with E-state index in [9.17, 15) is 17.7 Å². The van der Waals surface area contributed by atoms with E-state index in [1.165, 1.54) is 85.0 Å². The van der Waals surface area contributed by atoms with E-state index >= 15 is 0 Å². The summed E-state index contributed by atoms with van der Waals surface area (Å²) in [6.07, 6.45) is 17.3. The Labute approximate surface area is 383 Å². The van der Waals surface area contributed by atoms with Crippen LogP contribution in [0, 0.1) is 74.0 Å². The maximum absolute atomic E-state index is 10.2. The van der Waals surface area contributed by atoms with E-state index in [1.807, 2.05) is 20.8 Å². The zero-order valence-electron chi connectivity index (χ0n) is 37.0. The molecule has 0 aromatic rings. The summed E-state index contributed by atoms with van der Waals surface area (Å²) < 4.78 is 29.0. The summed E-state index contributed by atoms with van der Waals surface area (Å²) in [7, 11) is -3.67. The van der Waals surface area contributed by atoms with Gasteiger partial charge in [-0.15, -0.1) is 0 Å². The number of carbonyl (C=O) groups excluding carboxylic acids is 2. The molecule has 0 amide bonds. The van der Waals surface area contributed by atoms with E-state index in [0.717, 1.165) is 23.8 Å². The van der Waals surface area contributed by atoms with Crippen LogP contribution in [0.4, 0.5) is 12.9 Å². The number of aliphatic hydroxyl groups excluding tert-OH is 1. The Bertz CT molecular complexity index is 719. The predicted molar refractivity (Wildman–Crippen MR) is 203 cm³/mol. The molecule has 0 heterocycles. The van der Waals surface area contributed by atoms with Crippen molar-refractivity contribution in [3.8, 4) is 18.2 Å². The molecule has 0 saturated heterocycles. The second-order valence-electron chi connectivity index (χ2n) is 10.5. The second-order valence-corrected chi connectivity index (χ2v) is 10.5. The number of carbonyl (C=O) groups is 2. The number of hydrogen-bond acceptors (Lipinski definition) is 8. The zero-order chi connectivity index (χ0) is 37.1. The molecular formula is C37H76BF4Li2N3O5Ru2-. The van der Waals surface area contributed by atoms with Crippen molar-refractivity contribution in [1.82, 2.24) is 0 Å². The summed E-state index contributed by atoms with van der Waals surface area (Å²) in [4.78, 5) is 21.4. The first-order valence-electron chi connectivity index (χ1n) is 15.4. The van der Waals surface area contributed by atoms with Crippen LogP contribution in [-0.4, -0.2) is 31.0 Å². The maximum atomic E-state index is 10.2. The standard InChI is InChI=1S/2C7H14.C6H14O.C6H10O.3C2H3N.CH2O3.CH4.3CH3.BF3.FH.2Li.2Ru.H/c2*1-2-7-5-3-4-6-7;2*1-5(2)4-6(3)7;3*1-2-3;2-1-4-3;;;;;2-1(3)4;;;;;;/h2*7H,2-6H2,1H3;5-7H,4H2,1-3H3;4H,1-3H3;3*1H3;1,3H;1H4;3*1H3;;1H;;;;;/q;;;;;;;;;3*-1;;;3*+1;+2;-1/p-2. The normalized spacial score (nSPS) is 10.4. The Balaban J connectivity index is -0.0000000196. The van der Waals surface area contributed by atoms with Gasteiger partial charge in [0.25, 0.3) is 6.47 Å². The summed E-state index contributed by atoms with van der Waals surface area (Å²) in [6.45, 7) is 20.1. The maximum Gasteiger partial charge on any atom is 2.00 e. The summed E-state index contributed by atoms with van der Waals surface area (Å²) in [5.41, 5.74) is 1.06. The minimum Gasteiger partial charge on any atom is -1.00 e. The van der Waals surface area contributed by atoms with Crippen molar-refractivity contribution in [2.45, 2.75) is 160 Å². The Morgan fingerprint density at radius 1 is 0.852 bits per heavy atom. The topological polar surface area (TPSA) is 158 Å². The van der Waals surface area contributed by atoms with Crippen molar-refractivity contribution in [2.24, 2.45) is 17.8 Å². The monoisotopic (exact) mass is 947 g/mol. The molecule has 2 aliphatic carbocycles. The molecule has 17 heteroatoms. The fourth-order valence-corrected chi connectivity index (χ4v) is 3.93. The van der Waals surface area contributed by atoms with Crippen LogP contribution in [0.25, 0.3) is 0 Å². The number of rotatable bonds is 6. The molecule has 0 spiro atoms. The first kappa shape index (κ1) is 105. The number of aliphatic hydroxyl groups is 1. The van der Waals surface area contributed by atoms with Crippen LogP contribution in [-0.2, 0) is 53.4 Å². The summed E-state index contributed by atoms with van der Waals surface area (Å²) in [5.74, 6) is 2.94. The van der Waals surface area contributed by atoms with Crippen LogP contribution in [0.2, 0.25) is 0 Å². The summed E-state index contributed by atoms with van der Waals surface area (Å²) >= 11 is 0. The molecule has 2 aliphatic rings. The molecule has 1 N–H and O–H groups in total. The van der Waals surface area contributed by atoms with Gasteiger partial charge in [-0.3, -0.25) is 22.5 Å². The quantitative estimate of drug-likeness (QED) is 0.0808. The van der Waals surface area contributed by atoms with E-state index < -0.39 is 7.54 Å². The van der Waals surface area contributed by atoms with Crippen LogP contribution in [0.1, 0.15) is 156 Å². The first-order valence-corrected chi connectivity index (χ1v) is 15.4. The smallest absolute Gasteiger partial charge is 1.00 e. The number of nitriles is 3. The van der Waals surface area contributed by atoms with Crippen LogP contribution in [0.5, 0.6) is 0 Å². The summed E-state index contributed by atoms with van der Waals surface area (Å²) in [6, 6.07) is 5.25. The fraction of sp³-hybridized carbons (Fsp3) is 0.730. The molecule has 1 unspecified atom stereocenters. The SMILES string of the molecule is C.CC#N.CC#N.CC#N.CC(=O)C=C(C)C.CC(C)CC(C)O.CCC1CCCC1.CCC1CCCC1.FB(F)F.O=CO[O-].[CH3-].[CH3-].[CH3-].[F-].[H-].[Li+].[Li+].[Ru+2].[Ru+]. The second kappa shape index (κ2) is 99.0. The van der Waals surface area contributed by atoms with Gasteiger partial charge in [0.05, 0.1) is 24.3 Å². The molecule has 0 aromatic heterocycles. The van der Waals surface area contributed by atoms with E-state index in [0.29, 0.717) is 5.92 Å². The van der Waals surface area contributed by atoms with Crippen molar-refractivity contribution in [1.29, 1.82) is 15.8 Å². The molecule has 54 heavy (non-hydrogen) atoms. The fourth-order valence-electron chi connectivity index (χ4n) is 3.93. The van der Waals surface area contributed by atoms with Gasteiger partial charge in [-0.05, 0) is 57.9 Å². The molecule has 2 fully saturated rings. The van der Waals surface area contributed by atoms with Gasteiger partial charge in [-0.25, -0.2) is 0 Å². The largest absolute Gasteiger partial charge is 2.00 e. The third-order valence-electron chi connectivity index (χ3n) is 5.45. The van der Waals surface area contributed by atoms with E-state index in [4.69, 9.17) is 30.9 Å². The molecular weight excluding hydrogens is 869 g/mol. The Morgan fingerprint density at radius 2 is 1.06 bits per heavy atom. The van der Waals surface area contributed by atoms with Gasteiger partial charge in [0.1, 0.15) is 0 Å². The third kappa shape index (κ3) is 187. The van der Waals surface area contributed by atoms with Gasteiger partial charge in [-0.2, -0.15) is 15.8 Å².